The smallest absolute Gasteiger partial charge is 0.417 e. The first kappa shape index (κ1) is 16.1. The molecular weight excluding hydrogens is 319 g/mol. The fraction of sp³-hybridized carbons (Fsp3) is 0.133. The van der Waals surface area contributed by atoms with Crippen molar-refractivity contribution in [1.29, 1.82) is 0 Å². The molecule has 2 aromatic rings. The summed E-state index contributed by atoms with van der Waals surface area (Å²) in [5, 5.41) is -0.391. The van der Waals surface area contributed by atoms with Crippen LogP contribution in [0.5, 0.6) is 5.75 Å². The molecule has 0 aliphatic rings. The molecule has 0 saturated heterocycles. The van der Waals surface area contributed by atoms with Crippen LogP contribution in [0.1, 0.15) is 5.56 Å². The van der Waals surface area contributed by atoms with Crippen molar-refractivity contribution in [2.75, 3.05) is 7.11 Å². The highest BCUT2D eigenvalue weighted by Gasteiger charge is 2.33. The Balaban J connectivity index is 2.67. The summed E-state index contributed by atoms with van der Waals surface area (Å²) in [6.07, 6.45) is -3.19. The van der Waals surface area contributed by atoms with Gasteiger partial charge >= 0.3 is 6.18 Å². The van der Waals surface area contributed by atoms with Crippen molar-refractivity contribution in [2.24, 2.45) is 4.99 Å². The average molecular weight is 328 g/mol. The fourth-order valence-electron chi connectivity index (χ4n) is 2.01. The molecule has 0 unspecified atom stereocenters. The van der Waals surface area contributed by atoms with Crippen LogP contribution in [0.4, 0.5) is 18.9 Å². The molecule has 0 saturated carbocycles. The molecule has 0 bridgehead atoms. The number of para-hydroxylation sites is 1. The van der Waals surface area contributed by atoms with Crippen LogP contribution in [0, 0.1) is 0 Å². The Bertz CT molecular complexity index is 753. The summed E-state index contributed by atoms with van der Waals surface area (Å²) in [6.45, 7) is 0. The van der Waals surface area contributed by atoms with E-state index in [0.29, 0.717) is 5.56 Å². The van der Waals surface area contributed by atoms with Gasteiger partial charge in [0, 0.05) is 5.56 Å². The topological polar surface area (TPSA) is 38.7 Å². The average Bonchev–Trinajstić information content (AvgIpc) is 2.46. The van der Waals surface area contributed by atoms with Crippen molar-refractivity contribution in [3.63, 3.8) is 0 Å². The summed E-state index contributed by atoms with van der Waals surface area (Å²) >= 11 is 5.60. The highest BCUT2D eigenvalue weighted by Crippen LogP contribution is 2.41. The molecule has 0 atom stereocenters. The summed E-state index contributed by atoms with van der Waals surface area (Å²) in [4.78, 5) is 13.9. The Morgan fingerprint density at radius 2 is 1.95 bits per heavy atom. The monoisotopic (exact) mass is 327 g/mol. The zero-order chi connectivity index (χ0) is 16.3. The van der Waals surface area contributed by atoms with Gasteiger partial charge in [0.15, 0.2) is 5.75 Å². The van der Waals surface area contributed by atoms with Crippen LogP contribution in [-0.2, 0) is 11.0 Å². The third kappa shape index (κ3) is 3.13. The maximum absolute atomic E-state index is 12.9. The number of methoxy groups -OCH3 is 1. The second kappa shape index (κ2) is 6.22. The molecule has 0 amide bonds. The molecular formula is C15H9ClF3NO2. The quantitative estimate of drug-likeness (QED) is 0.587. The van der Waals surface area contributed by atoms with Gasteiger partial charge in [-0.15, -0.1) is 0 Å². The highest BCUT2D eigenvalue weighted by molar-refractivity contribution is 6.31. The zero-order valence-electron chi connectivity index (χ0n) is 11.2. The minimum Gasteiger partial charge on any atom is -0.494 e. The van der Waals surface area contributed by atoms with E-state index in [2.05, 4.69) is 4.99 Å². The molecule has 7 heteroatoms. The molecule has 0 heterocycles. The Morgan fingerprint density at radius 1 is 1.23 bits per heavy atom. The number of alkyl halides is 3. The van der Waals surface area contributed by atoms with Crippen LogP contribution < -0.4 is 4.74 Å². The molecule has 0 N–H and O–H groups in total. The van der Waals surface area contributed by atoms with Gasteiger partial charge in [-0.25, -0.2) is 4.79 Å². The van der Waals surface area contributed by atoms with Crippen molar-refractivity contribution in [3.05, 3.63) is 47.0 Å². The van der Waals surface area contributed by atoms with Crippen molar-refractivity contribution < 1.29 is 22.7 Å². The van der Waals surface area contributed by atoms with Crippen molar-refractivity contribution in [2.45, 2.75) is 6.18 Å². The Labute approximate surface area is 129 Å². The van der Waals surface area contributed by atoms with Crippen LogP contribution in [0.2, 0.25) is 5.02 Å². The lowest BCUT2D eigenvalue weighted by atomic mass is 10.0. The molecule has 0 aromatic heterocycles. The van der Waals surface area contributed by atoms with Crippen molar-refractivity contribution in [1.82, 2.24) is 0 Å². The lowest BCUT2D eigenvalue weighted by molar-refractivity contribution is -0.137. The van der Waals surface area contributed by atoms with Gasteiger partial charge in [0.2, 0.25) is 6.08 Å². The first-order chi connectivity index (χ1) is 10.4. The first-order valence-electron chi connectivity index (χ1n) is 6.00. The summed E-state index contributed by atoms with van der Waals surface area (Å²) < 4.78 is 44.0. The van der Waals surface area contributed by atoms with Gasteiger partial charge in [0.25, 0.3) is 0 Å². The van der Waals surface area contributed by atoms with E-state index >= 15 is 0 Å². The molecule has 0 radical (unpaired) electrons. The molecule has 0 aliphatic carbocycles. The van der Waals surface area contributed by atoms with Crippen LogP contribution in [-0.4, -0.2) is 13.2 Å². The number of carbonyl (C=O) groups excluding carboxylic acids is 1. The van der Waals surface area contributed by atoms with Gasteiger partial charge in [-0.05, 0) is 23.8 Å². The number of benzene rings is 2. The summed E-state index contributed by atoms with van der Waals surface area (Å²) in [6, 6.07) is 8.13. The molecule has 2 aromatic carbocycles. The number of hydrogen-bond donors (Lipinski definition) is 0. The minimum absolute atomic E-state index is 0.179. The lowest BCUT2D eigenvalue weighted by Gasteiger charge is -2.14. The van der Waals surface area contributed by atoms with Gasteiger partial charge in [-0.2, -0.15) is 18.2 Å². The standard InChI is InChI=1S/C15H9ClF3NO2/c1-22-14-10(3-2-4-13(14)20-8-21)9-5-6-12(16)11(7-9)15(17,18)19/h2-7H,1H3. The van der Waals surface area contributed by atoms with Crippen LogP contribution in [0.3, 0.4) is 0 Å². The fourth-order valence-corrected chi connectivity index (χ4v) is 2.24. The second-order valence-electron chi connectivity index (χ2n) is 4.25. The van der Waals surface area contributed by atoms with E-state index < -0.39 is 16.8 Å². The Morgan fingerprint density at radius 3 is 2.55 bits per heavy atom. The molecule has 3 nitrogen and oxygen atoms in total. The molecule has 22 heavy (non-hydrogen) atoms. The second-order valence-corrected chi connectivity index (χ2v) is 4.66. The number of nitrogens with zero attached hydrogens (tertiary/aromatic N) is 1. The van der Waals surface area contributed by atoms with E-state index in [1.807, 2.05) is 0 Å². The number of aliphatic imine (C=N–C) groups is 1. The van der Waals surface area contributed by atoms with E-state index in [1.54, 1.807) is 12.1 Å². The van der Waals surface area contributed by atoms with Gasteiger partial charge in [0.1, 0.15) is 5.69 Å². The Hall–Kier alpha value is -2.30. The van der Waals surface area contributed by atoms with Crippen LogP contribution in [0.25, 0.3) is 11.1 Å². The number of isocyanates is 1. The van der Waals surface area contributed by atoms with Crippen LogP contribution >= 0.6 is 11.6 Å². The summed E-state index contributed by atoms with van der Waals surface area (Å²) in [5.74, 6) is 0.182. The largest absolute Gasteiger partial charge is 0.494 e. The third-order valence-corrected chi connectivity index (χ3v) is 3.28. The van der Waals surface area contributed by atoms with E-state index in [4.69, 9.17) is 16.3 Å². The van der Waals surface area contributed by atoms with Crippen molar-refractivity contribution in [3.8, 4) is 16.9 Å². The Kier molecular flexibility index (Phi) is 4.54. The maximum atomic E-state index is 12.9. The first-order valence-corrected chi connectivity index (χ1v) is 6.38. The maximum Gasteiger partial charge on any atom is 0.417 e. The third-order valence-electron chi connectivity index (χ3n) is 2.95. The summed E-state index contributed by atoms with van der Waals surface area (Å²) in [7, 11) is 1.34. The lowest BCUT2D eigenvalue weighted by Crippen LogP contribution is -2.06. The van der Waals surface area contributed by atoms with Gasteiger partial charge < -0.3 is 4.74 Å². The number of rotatable bonds is 3. The highest BCUT2D eigenvalue weighted by atomic mass is 35.5. The molecule has 114 valence electrons. The minimum atomic E-state index is -4.57. The number of ether oxygens (including phenoxy) is 1. The molecule has 0 spiro atoms. The number of hydrogen-bond acceptors (Lipinski definition) is 3. The van der Waals surface area contributed by atoms with E-state index in [1.165, 1.54) is 25.3 Å². The van der Waals surface area contributed by atoms with Gasteiger partial charge in [-0.1, -0.05) is 29.8 Å². The van der Waals surface area contributed by atoms with E-state index in [9.17, 15) is 18.0 Å². The zero-order valence-corrected chi connectivity index (χ0v) is 12.0. The van der Waals surface area contributed by atoms with E-state index in [0.717, 1.165) is 12.1 Å². The molecule has 0 fully saturated rings. The molecule has 0 aliphatic heterocycles. The van der Waals surface area contributed by atoms with E-state index in [-0.39, 0.29) is 17.0 Å². The SMILES string of the molecule is COc1c(N=C=O)cccc1-c1ccc(Cl)c(C(F)(F)F)c1. The summed E-state index contributed by atoms with van der Waals surface area (Å²) in [5.41, 5.74) is -0.158. The predicted octanol–water partition coefficient (Wildman–Crippen LogP) is 5.00. The predicted molar refractivity (Wildman–Crippen MR) is 76.2 cm³/mol. The van der Waals surface area contributed by atoms with Crippen molar-refractivity contribution >= 4 is 23.4 Å². The van der Waals surface area contributed by atoms with Crippen LogP contribution in [0.15, 0.2) is 41.4 Å². The van der Waals surface area contributed by atoms with Gasteiger partial charge in [-0.3, -0.25) is 0 Å². The molecule has 2 rings (SSSR count). The number of halogens is 4. The normalized spacial score (nSPS) is 11.0. The van der Waals surface area contributed by atoms with Gasteiger partial charge in [0.05, 0.1) is 17.7 Å².